The van der Waals surface area contributed by atoms with Crippen LogP contribution in [0.25, 0.3) is 0 Å². The quantitative estimate of drug-likeness (QED) is 0.866. The maximum atomic E-state index is 11.9. The smallest absolute Gasteiger partial charge is 0.169 e. The van der Waals surface area contributed by atoms with Crippen LogP contribution in [-0.2, 0) is 9.84 Å². The molecule has 2 heterocycles. The van der Waals surface area contributed by atoms with Crippen molar-refractivity contribution in [2.24, 2.45) is 5.73 Å². The molecule has 0 saturated carbocycles. The first-order valence-corrected chi connectivity index (χ1v) is 9.81. The van der Waals surface area contributed by atoms with Crippen molar-refractivity contribution in [2.45, 2.75) is 11.4 Å². The van der Waals surface area contributed by atoms with Crippen LogP contribution in [0.2, 0.25) is 0 Å². The van der Waals surface area contributed by atoms with E-state index in [4.69, 9.17) is 10.2 Å². The summed E-state index contributed by atoms with van der Waals surface area (Å²) in [6.07, 6.45) is 1.28. The van der Waals surface area contributed by atoms with Crippen LogP contribution < -0.4 is 5.73 Å². The molecule has 0 spiro atoms. The zero-order valence-electron chi connectivity index (χ0n) is 10.6. The monoisotopic (exact) mass is 368 g/mol. The molecule has 0 aliphatic carbocycles. The molecule has 0 radical (unpaired) electrons. The molecule has 2 N–H and O–H groups in total. The van der Waals surface area contributed by atoms with Crippen molar-refractivity contribution >= 4 is 37.5 Å². The van der Waals surface area contributed by atoms with Crippen LogP contribution in [-0.4, -0.2) is 49.5 Å². The number of hydrogen-bond acceptors (Lipinski definition) is 6. The van der Waals surface area contributed by atoms with Crippen LogP contribution in [0.15, 0.2) is 21.2 Å². The van der Waals surface area contributed by atoms with Crippen molar-refractivity contribution in [1.29, 1.82) is 0 Å². The van der Waals surface area contributed by atoms with Gasteiger partial charge in [0, 0.05) is 30.9 Å². The molecule has 0 aromatic carbocycles. The molecule has 0 amide bonds. The molecule has 108 valence electrons. The zero-order chi connectivity index (χ0) is 14.0. The minimum absolute atomic E-state index is 0.202. The minimum Gasteiger partial charge on any atom is -0.453 e. The Kier molecular flexibility index (Phi) is 4.99. The average Bonchev–Trinajstić information content (AvgIpc) is 2.76. The second kappa shape index (κ2) is 6.17. The fourth-order valence-electron chi connectivity index (χ4n) is 2.24. The number of nitrogens with zero attached hydrogens (tertiary/aromatic N) is 1. The molecule has 2 rings (SSSR count). The lowest BCUT2D eigenvalue weighted by molar-refractivity contribution is 0.174. The van der Waals surface area contributed by atoms with Gasteiger partial charge in [-0.25, -0.2) is 8.42 Å². The molecule has 2 atom stereocenters. The van der Waals surface area contributed by atoms with Gasteiger partial charge in [-0.15, -0.1) is 0 Å². The maximum Gasteiger partial charge on any atom is 0.169 e. The number of hydrogen-bond donors (Lipinski definition) is 1. The molecule has 2 unspecified atom stereocenters. The first-order chi connectivity index (χ1) is 8.93. The van der Waals surface area contributed by atoms with Crippen LogP contribution >= 0.6 is 27.7 Å². The Labute approximate surface area is 125 Å². The van der Waals surface area contributed by atoms with Gasteiger partial charge >= 0.3 is 0 Å². The van der Waals surface area contributed by atoms with Gasteiger partial charge in [-0.3, -0.25) is 4.90 Å². The number of sulfone groups is 1. The average molecular weight is 369 g/mol. The third-order valence-corrected chi connectivity index (χ3v) is 6.25. The van der Waals surface area contributed by atoms with E-state index in [-0.39, 0.29) is 6.04 Å². The van der Waals surface area contributed by atoms with Crippen LogP contribution in [0, 0.1) is 0 Å². The lowest BCUT2D eigenvalue weighted by atomic mass is 10.2. The van der Waals surface area contributed by atoms with Crippen LogP contribution in [0.4, 0.5) is 0 Å². The van der Waals surface area contributed by atoms with E-state index in [0.29, 0.717) is 29.3 Å². The molecular weight excluding hydrogens is 352 g/mol. The molecule has 1 aliphatic rings. The van der Waals surface area contributed by atoms with Gasteiger partial charge in [0.1, 0.15) is 11.1 Å². The SMILES string of the molecule is CS(=O)(=O)C1CSCCN1C(CN)c1ccc(Br)o1. The fourth-order valence-corrected chi connectivity index (χ4v) is 5.48. The number of nitrogens with two attached hydrogens (primary N) is 1. The van der Waals surface area contributed by atoms with E-state index in [9.17, 15) is 8.42 Å². The highest BCUT2D eigenvalue weighted by Gasteiger charge is 2.36. The van der Waals surface area contributed by atoms with Gasteiger partial charge in [-0.2, -0.15) is 11.8 Å². The lowest BCUT2D eigenvalue weighted by Crippen LogP contribution is -2.50. The van der Waals surface area contributed by atoms with Crippen LogP contribution in [0.1, 0.15) is 11.8 Å². The predicted octanol–water partition coefficient (Wildman–Crippen LogP) is 1.46. The Bertz CT molecular complexity index is 532. The molecule has 8 heteroatoms. The first kappa shape index (κ1) is 15.4. The number of furan rings is 1. The summed E-state index contributed by atoms with van der Waals surface area (Å²) < 4.78 is 30.0. The van der Waals surface area contributed by atoms with Gasteiger partial charge in [-0.1, -0.05) is 0 Å². The van der Waals surface area contributed by atoms with Crippen molar-refractivity contribution in [3.63, 3.8) is 0 Å². The summed E-state index contributed by atoms with van der Waals surface area (Å²) in [5.41, 5.74) is 5.83. The summed E-state index contributed by atoms with van der Waals surface area (Å²) in [5, 5.41) is -0.497. The standard InChI is InChI=1S/C11H17BrN2O3S2/c1-19(15,16)11-7-18-5-4-14(11)8(6-13)9-2-3-10(12)17-9/h2-3,8,11H,4-7,13H2,1H3. The van der Waals surface area contributed by atoms with Gasteiger partial charge in [0.25, 0.3) is 0 Å². The van der Waals surface area contributed by atoms with Crippen molar-refractivity contribution in [3.05, 3.63) is 22.6 Å². The van der Waals surface area contributed by atoms with Crippen molar-refractivity contribution < 1.29 is 12.8 Å². The maximum absolute atomic E-state index is 11.9. The summed E-state index contributed by atoms with van der Waals surface area (Å²) in [7, 11) is -3.14. The molecule has 1 fully saturated rings. The molecule has 1 aromatic heterocycles. The van der Waals surface area contributed by atoms with E-state index in [1.54, 1.807) is 17.8 Å². The van der Waals surface area contributed by atoms with E-state index in [1.807, 2.05) is 11.0 Å². The summed E-state index contributed by atoms with van der Waals surface area (Å²) in [5.74, 6) is 2.19. The summed E-state index contributed by atoms with van der Waals surface area (Å²) >= 11 is 4.92. The predicted molar refractivity (Wildman–Crippen MR) is 80.9 cm³/mol. The molecule has 0 bridgehead atoms. The minimum atomic E-state index is -3.14. The molecule has 5 nitrogen and oxygen atoms in total. The summed E-state index contributed by atoms with van der Waals surface area (Å²) in [6.45, 7) is 1.03. The Balaban J connectivity index is 2.29. The largest absolute Gasteiger partial charge is 0.453 e. The molecule has 1 aliphatic heterocycles. The molecular formula is C11H17BrN2O3S2. The number of halogens is 1. The number of thioether (sulfide) groups is 1. The van der Waals surface area contributed by atoms with Gasteiger partial charge in [0.2, 0.25) is 0 Å². The summed E-state index contributed by atoms with van der Waals surface area (Å²) in [6, 6.07) is 3.43. The normalized spacial score (nSPS) is 23.4. The zero-order valence-corrected chi connectivity index (χ0v) is 13.8. The van der Waals surface area contributed by atoms with Gasteiger partial charge in [0.05, 0.1) is 6.04 Å². The van der Waals surface area contributed by atoms with Crippen LogP contribution in [0.5, 0.6) is 0 Å². The van der Waals surface area contributed by atoms with E-state index in [0.717, 1.165) is 5.75 Å². The van der Waals surface area contributed by atoms with Gasteiger partial charge in [0.15, 0.2) is 14.5 Å². The summed E-state index contributed by atoms with van der Waals surface area (Å²) in [4.78, 5) is 1.94. The Morgan fingerprint density at radius 2 is 2.37 bits per heavy atom. The highest BCUT2D eigenvalue weighted by atomic mass is 79.9. The Hall–Kier alpha value is -0.0200. The third kappa shape index (κ3) is 3.55. The van der Waals surface area contributed by atoms with Crippen molar-refractivity contribution in [3.8, 4) is 0 Å². The second-order valence-electron chi connectivity index (χ2n) is 4.49. The molecule has 1 saturated heterocycles. The fraction of sp³-hybridized carbons (Fsp3) is 0.636. The van der Waals surface area contributed by atoms with Gasteiger partial charge in [-0.05, 0) is 28.1 Å². The van der Waals surface area contributed by atoms with E-state index in [2.05, 4.69) is 15.9 Å². The molecule has 19 heavy (non-hydrogen) atoms. The number of rotatable bonds is 4. The topological polar surface area (TPSA) is 76.5 Å². The van der Waals surface area contributed by atoms with E-state index < -0.39 is 15.2 Å². The van der Waals surface area contributed by atoms with E-state index >= 15 is 0 Å². The highest BCUT2D eigenvalue weighted by molar-refractivity contribution is 9.10. The third-order valence-electron chi connectivity index (χ3n) is 3.16. The van der Waals surface area contributed by atoms with Crippen LogP contribution in [0.3, 0.4) is 0 Å². The van der Waals surface area contributed by atoms with Crippen molar-refractivity contribution in [1.82, 2.24) is 4.90 Å². The second-order valence-corrected chi connectivity index (χ2v) is 8.62. The highest BCUT2D eigenvalue weighted by Crippen LogP contribution is 2.31. The molecule has 1 aromatic rings. The lowest BCUT2D eigenvalue weighted by Gasteiger charge is -2.38. The first-order valence-electron chi connectivity index (χ1n) is 5.91. The van der Waals surface area contributed by atoms with Gasteiger partial charge < -0.3 is 10.2 Å². The van der Waals surface area contributed by atoms with Crippen molar-refractivity contribution in [2.75, 3.05) is 30.9 Å². The Morgan fingerprint density at radius 3 is 2.89 bits per heavy atom. The van der Waals surface area contributed by atoms with E-state index in [1.165, 1.54) is 6.26 Å². The Morgan fingerprint density at radius 1 is 1.63 bits per heavy atom.